The van der Waals surface area contributed by atoms with Gasteiger partial charge in [0.15, 0.2) is 0 Å². The minimum Gasteiger partial charge on any atom is -0.463 e. The van der Waals surface area contributed by atoms with Gasteiger partial charge >= 0.3 is 11.9 Å². The Morgan fingerprint density at radius 3 is 2.16 bits per heavy atom. The average molecular weight is 267 g/mol. The molecule has 0 saturated carbocycles. The van der Waals surface area contributed by atoms with Crippen LogP contribution in [-0.4, -0.2) is 31.2 Å². The average Bonchev–Trinajstić information content (AvgIpc) is 2.28. The van der Waals surface area contributed by atoms with Gasteiger partial charge < -0.3 is 14.8 Å². The zero-order valence-electron chi connectivity index (χ0n) is 12.1. The normalized spacial score (nSPS) is 19.1. The molecule has 1 unspecified atom stereocenters. The molecule has 1 aliphatic heterocycles. The fraction of sp³-hybridized carbons (Fsp3) is 0.571. The van der Waals surface area contributed by atoms with Crippen LogP contribution in [-0.2, 0) is 19.1 Å². The van der Waals surface area contributed by atoms with Gasteiger partial charge in [-0.05, 0) is 40.2 Å². The van der Waals surface area contributed by atoms with Crippen LogP contribution in [0.3, 0.4) is 0 Å². The number of nitrogens with one attached hydrogen (secondary N) is 1. The summed E-state index contributed by atoms with van der Waals surface area (Å²) >= 11 is 0. The summed E-state index contributed by atoms with van der Waals surface area (Å²) in [6, 6.07) is -0.183. The molecule has 5 nitrogen and oxygen atoms in total. The van der Waals surface area contributed by atoms with E-state index in [1.807, 2.05) is 6.92 Å². The molecule has 19 heavy (non-hydrogen) atoms. The van der Waals surface area contributed by atoms with Gasteiger partial charge in [0.05, 0.1) is 30.4 Å². The maximum Gasteiger partial charge on any atom is 0.340 e. The SMILES string of the molecule is CCOC(=O)C1=C(C)NC(C)C(C(=O)OCC)=C1C. The lowest BCUT2D eigenvalue weighted by Gasteiger charge is -2.27. The predicted molar refractivity (Wildman–Crippen MR) is 71.3 cm³/mol. The summed E-state index contributed by atoms with van der Waals surface area (Å²) < 4.78 is 10.1. The highest BCUT2D eigenvalue weighted by atomic mass is 16.5. The lowest BCUT2D eigenvalue weighted by Crippen LogP contribution is -2.37. The van der Waals surface area contributed by atoms with E-state index in [1.165, 1.54) is 0 Å². The molecule has 0 saturated heterocycles. The molecule has 0 spiro atoms. The van der Waals surface area contributed by atoms with Gasteiger partial charge in [0, 0.05) is 5.70 Å². The maximum atomic E-state index is 12.0. The lowest BCUT2D eigenvalue weighted by atomic mass is 9.91. The minimum atomic E-state index is -0.418. The zero-order valence-corrected chi connectivity index (χ0v) is 12.1. The molecule has 0 amide bonds. The van der Waals surface area contributed by atoms with Crippen LogP contribution in [0.5, 0.6) is 0 Å². The highest BCUT2D eigenvalue weighted by Gasteiger charge is 2.31. The van der Waals surface area contributed by atoms with Gasteiger partial charge in [-0.3, -0.25) is 0 Å². The van der Waals surface area contributed by atoms with Gasteiger partial charge in [-0.15, -0.1) is 0 Å². The van der Waals surface area contributed by atoms with E-state index in [9.17, 15) is 9.59 Å². The van der Waals surface area contributed by atoms with Crippen LogP contribution < -0.4 is 5.32 Å². The van der Waals surface area contributed by atoms with Crippen LogP contribution in [0, 0.1) is 0 Å². The standard InChI is InChI=1S/C14H21NO4/c1-6-18-13(16)11-8(3)12(14(17)19-7-2)10(5)15-9(11)4/h9,15H,6-7H2,1-5H3. The number of ether oxygens (including phenoxy) is 2. The van der Waals surface area contributed by atoms with Crippen molar-refractivity contribution in [2.45, 2.75) is 40.7 Å². The van der Waals surface area contributed by atoms with Crippen LogP contribution in [0.4, 0.5) is 0 Å². The summed E-state index contributed by atoms with van der Waals surface area (Å²) in [6.07, 6.45) is 0. The Bertz CT molecular complexity index is 448. The Balaban J connectivity index is 3.20. The zero-order chi connectivity index (χ0) is 14.6. The fourth-order valence-corrected chi connectivity index (χ4v) is 2.26. The van der Waals surface area contributed by atoms with Crippen molar-refractivity contribution >= 4 is 11.9 Å². The quantitative estimate of drug-likeness (QED) is 0.785. The third-order valence-electron chi connectivity index (χ3n) is 2.99. The topological polar surface area (TPSA) is 64.6 Å². The highest BCUT2D eigenvalue weighted by molar-refractivity contribution is 6.00. The van der Waals surface area contributed by atoms with Crippen molar-refractivity contribution in [3.8, 4) is 0 Å². The summed E-state index contributed by atoms with van der Waals surface area (Å²) in [5.41, 5.74) is 2.25. The van der Waals surface area contributed by atoms with Crippen molar-refractivity contribution < 1.29 is 19.1 Å². The molecule has 0 bridgehead atoms. The lowest BCUT2D eigenvalue weighted by molar-refractivity contribution is -0.138. The first-order valence-electron chi connectivity index (χ1n) is 6.46. The summed E-state index contributed by atoms with van der Waals surface area (Å²) in [4.78, 5) is 23.9. The first-order chi connectivity index (χ1) is 8.93. The van der Waals surface area contributed by atoms with Gasteiger partial charge in [0.25, 0.3) is 0 Å². The minimum absolute atomic E-state index is 0.183. The van der Waals surface area contributed by atoms with E-state index >= 15 is 0 Å². The molecule has 0 fully saturated rings. The first-order valence-corrected chi connectivity index (χ1v) is 6.46. The first kappa shape index (κ1) is 15.3. The van der Waals surface area contributed by atoms with E-state index in [0.29, 0.717) is 29.9 Å². The van der Waals surface area contributed by atoms with Gasteiger partial charge in [-0.2, -0.15) is 0 Å². The highest BCUT2D eigenvalue weighted by Crippen LogP contribution is 2.27. The van der Waals surface area contributed by atoms with Crippen LogP contribution in [0.1, 0.15) is 34.6 Å². The van der Waals surface area contributed by atoms with Crippen molar-refractivity contribution in [2.75, 3.05) is 13.2 Å². The molecule has 106 valence electrons. The molecule has 5 heteroatoms. The maximum absolute atomic E-state index is 12.0. The number of hydrogen-bond donors (Lipinski definition) is 1. The van der Waals surface area contributed by atoms with Crippen molar-refractivity contribution in [2.24, 2.45) is 0 Å². The van der Waals surface area contributed by atoms with E-state index in [0.717, 1.165) is 5.70 Å². The number of dihydropyridines is 1. The number of hydrogen-bond acceptors (Lipinski definition) is 5. The second-order valence-electron chi connectivity index (χ2n) is 4.35. The summed E-state index contributed by atoms with van der Waals surface area (Å²) in [5.74, 6) is -0.812. The third-order valence-corrected chi connectivity index (χ3v) is 2.99. The largest absolute Gasteiger partial charge is 0.463 e. The molecule has 1 N–H and O–H groups in total. The van der Waals surface area contributed by atoms with E-state index < -0.39 is 11.9 Å². The van der Waals surface area contributed by atoms with Crippen LogP contribution >= 0.6 is 0 Å². The van der Waals surface area contributed by atoms with Gasteiger partial charge in [-0.25, -0.2) is 9.59 Å². The molecular weight excluding hydrogens is 246 g/mol. The third kappa shape index (κ3) is 3.16. The van der Waals surface area contributed by atoms with Crippen LogP contribution in [0.15, 0.2) is 22.4 Å². The number of carbonyl (C=O) groups excluding carboxylic acids is 2. The summed E-state index contributed by atoms with van der Waals surface area (Å²) in [6.45, 7) is 9.52. The summed E-state index contributed by atoms with van der Waals surface area (Å²) in [5, 5.41) is 3.11. The monoisotopic (exact) mass is 267 g/mol. The molecule has 1 heterocycles. The van der Waals surface area contributed by atoms with Gasteiger partial charge in [0.1, 0.15) is 0 Å². The Labute approximate surface area is 113 Å². The Hall–Kier alpha value is -1.78. The van der Waals surface area contributed by atoms with Crippen molar-refractivity contribution in [1.29, 1.82) is 0 Å². The van der Waals surface area contributed by atoms with E-state index in [2.05, 4.69) is 5.32 Å². The van der Waals surface area contributed by atoms with Crippen LogP contribution in [0.25, 0.3) is 0 Å². The van der Waals surface area contributed by atoms with Crippen molar-refractivity contribution in [1.82, 2.24) is 5.32 Å². The second kappa shape index (κ2) is 6.41. The molecule has 1 rings (SSSR count). The fourth-order valence-electron chi connectivity index (χ4n) is 2.26. The molecule has 0 radical (unpaired) electrons. The second-order valence-corrected chi connectivity index (χ2v) is 4.35. The Kier molecular flexibility index (Phi) is 5.15. The molecule has 1 atom stereocenters. The number of esters is 2. The van der Waals surface area contributed by atoms with Crippen molar-refractivity contribution in [3.05, 3.63) is 22.4 Å². The molecule has 1 aliphatic rings. The molecule has 0 aliphatic carbocycles. The molecule has 0 aromatic carbocycles. The smallest absolute Gasteiger partial charge is 0.340 e. The molecular formula is C14H21NO4. The number of carbonyl (C=O) groups is 2. The predicted octanol–water partition coefficient (Wildman–Crippen LogP) is 1.69. The van der Waals surface area contributed by atoms with Gasteiger partial charge in [-0.1, -0.05) is 0 Å². The Morgan fingerprint density at radius 2 is 1.63 bits per heavy atom. The number of allylic oxidation sites excluding steroid dienone is 1. The molecule has 0 aromatic rings. The molecule has 0 aromatic heterocycles. The van der Waals surface area contributed by atoms with E-state index in [-0.39, 0.29) is 6.04 Å². The summed E-state index contributed by atoms with van der Waals surface area (Å²) in [7, 11) is 0. The van der Waals surface area contributed by atoms with E-state index in [4.69, 9.17) is 9.47 Å². The Morgan fingerprint density at radius 1 is 1.11 bits per heavy atom. The van der Waals surface area contributed by atoms with Crippen molar-refractivity contribution in [3.63, 3.8) is 0 Å². The number of rotatable bonds is 4. The van der Waals surface area contributed by atoms with E-state index in [1.54, 1.807) is 27.7 Å². The van der Waals surface area contributed by atoms with Gasteiger partial charge in [0.2, 0.25) is 0 Å². The van der Waals surface area contributed by atoms with Crippen LogP contribution in [0.2, 0.25) is 0 Å².